The van der Waals surface area contributed by atoms with Crippen molar-refractivity contribution in [3.63, 3.8) is 0 Å². The van der Waals surface area contributed by atoms with Crippen LogP contribution >= 0.6 is 0 Å². The Hall–Kier alpha value is -2.95. The second-order valence-corrected chi connectivity index (χ2v) is 6.12. The number of aromatic nitrogens is 2. The first-order chi connectivity index (χ1) is 11.6. The molecule has 3 aromatic rings. The van der Waals surface area contributed by atoms with Crippen LogP contribution in [0, 0.1) is 5.82 Å². The molecule has 0 fully saturated rings. The quantitative estimate of drug-likeness (QED) is 0.727. The van der Waals surface area contributed by atoms with E-state index in [0.717, 1.165) is 40.4 Å². The number of primary amides is 1. The zero-order valence-corrected chi connectivity index (χ0v) is 12.9. The Kier molecular flexibility index (Phi) is 3.41. The summed E-state index contributed by atoms with van der Waals surface area (Å²) in [5.41, 5.74) is 9.93. The van der Waals surface area contributed by atoms with Crippen molar-refractivity contribution in [3.8, 4) is 0 Å². The number of halogens is 1. The maximum absolute atomic E-state index is 13.4. The highest BCUT2D eigenvalue weighted by Crippen LogP contribution is 2.39. The average molecular weight is 321 g/mol. The van der Waals surface area contributed by atoms with E-state index in [1.165, 1.54) is 6.07 Å². The average Bonchev–Trinajstić information content (AvgIpc) is 3.17. The Bertz CT molecular complexity index is 974. The van der Waals surface area contributed by atoms with E-state index in [0.29, 0.717) is 5.57 Å². The summed E-state index contributed by atoms with van der Waals surface area (Å²) >= 11 is 0. The fourth-order valence-electron chi connectivity index (χ4n) is 3.48. The molecule has 3 N–H and O–H groups in total. The Morgan fingerprint density at radius 2 is 2.17 bits per heavy atom. The molecule has 1 atom stereocenters. The molecule has 1 unspecified atom stereocenters. The first kappa shape index (κ1) is 14.6. The first-order valence-electron chi connectivity index (χ1n) is 7.84. The largest absolute Gasteiger partial charge is 0.366 e. The van der Waals surface area contributed by atoms with Gasteiger partial charge < -0.3 is 5.73 Å². The van der Waals surface area contributed by atoms with Gasteiger partial charge in [-0.2, -0.15) is 5.10 Å². The van der Waals surface area contributed by atoms with Gasteiger partial charge in [-0.15, -0.1) is 0 Å². The number of H-pyrrole nitrogens is 1. The molecule has 1 heterocycles. The fourth-order valence-corrected chi connectivity index (χ4v) is 3.48. The van der Waals surface area contributed by atoms with Crippen molar-refractivity contribution in [2.45, 2.75) is 18.8 Å². The summed E-state index contributed by atoms with van der Waals surface area (Å²) in [5, 5.41) is 7.92. The zero-order valence-electron chi connectivity index (χ0n) is 12.9. The van der Waals surface area contributed by atoms with Crippen molar-refractivity contribution in [1.82, 2.24) is 10.2 Å². The molecule has 0 spiro atoms. The number of aromatic amines is 1. The lowest BCUT2D eigenvalue weighted by molar-refractivity contribution is -0.114. The molecule has 0 saturated carbocycles. The van der Waals surface area contributed by atoms with Crippen molar-refractivity contribution in [2.75, 3.05) is 0 Å². The summed E-state index contributed by atoms with van der Waals surface area (Å²) in [6.45, 7) is 0. The molecular formula is C19H16FN3O. The van der Waals surface area contributed by atoms with Gasteiger partial charge >= 0.3 is 0 Å². The molecule has 0 bridgehead atoms. The van der Waals surface area contributed by atoms with Crippen LogP contribution in [-0.4, -0.2) is 16.1 Å². The Morgan fingerprint density at radius 3 is 3.00 bits per heavy atom. The summed E-state index contributed by atoms with van der Waals surface area (Å²) in [7, 11) is 0. The molecule has 24 heavy (non-hydrogen) atoms. The van der Waals surface area contributed by atoms with Crippen molar-refractivity contribution in [3.05, 3.63) is 70.7 Å². The van der Waals surface area contributed by atoms with E-state index in [2.05, 4.69) is 10.2 Å². The number of nitrogens with two attached hydrogens (primary N) is 1. The van der Waals surface area contributed by atoms with Crippen molar-refractivity contribution < 1.29 is 9.18 Å². The van der Waals surface area contributed by atoms with Gasteiger partial charge in [0.15, 0.2) is 0 Å². The molecule has 1 aliphatic carbocycles. The third-order valence-electron chi connectivity index (χ3n) is 4.63. The molecule has 0 saturated heterocycles. The number of fused-ring (bicyclic) bond motifs is 2. The van der Waals surface area contributed by atoms with Gasteiger partial charge in [0.25, 0.3) is 0 Å². The molecule has 4 rings (SSSR count). The second kappa shape index (κ2) is 5.60. The van der Waals surface area contributed by atoms with E-state index in [1.54, 1.807) is 18.3 Å². The Labute approximate surface area is 138 Å². The molecular weight excluding hydrogens is 305 g/mol. The minimum atomic E-state index is -0.443. The van der Waals surface area contributed by atoms with E-state index in [4.69, 9.17) is 5.73 Å². The van der Waals surface area contributed by atoms with E-state index >= 15 is 0 Å². The number of carbonyl (C=O) groups is 1. The van der Waals surface area contributed by atoms with Crippen LogP contribution in [-0.2, 0) is 11.2 Å². The highest BCUT2D eigenvalue weighted by atomic mass is 19.1. The molecule has 0 aliphatic heterocycles. The van der Waals surface area contributed by atoms with Crippen molar-refractivity contribution in [2.24, 2.45) is 5.73 Å². The van der Waals surface area contributed by atoms with Crippen molar-refractivity contribution >= 4 is 22.9 Å². The number of aryl methyl sites for hydroxylation is 1. The summed E-state index contributed by atoms with van der Waals surface area (Å²) in [4.78, 5) is 12.0. The van der Waals surface area contributed by atoms with Crippen molar-refractivity contribution in [1.29, 1.82) is 0 Å². The molecule has 1 aliphatic rings. The highest BCUT2D eigenvalue weighted by molar-refractivity contribution is 5.99. The van der Waals surface area contributed by atoms with Gasteiger partial charge in [0.1, 0.15) is 5.82 Å². The van der Waals surface area contributed by atoms with Gasteiger partial charge in [0.2, 0.25) is 5.91 Å². The van der Waals surface area contributed by atoms with Gasteiger partial charge in [0, 0.05) is 16.9 Å². The standard InChI is InChI=1S/C19H16FN3O/c20-14-4-6-15-12(9-14)3-5-16(15)17(19(21)24)7-11-1-2-13-10-22-23-18(13)8-11/h1-2,4,6-10,16H,3,5H2,(H2,21,24)(H,22,23). The molecule has 5 heteroatoms. The number of amides is 1. The zero-order chi connectivity index (χ0) is 16.7. The Morgan fingerprint density at radius 1 is 1.29 bits per heavy atom. The maximum Gasteiger partial charge on any atom is 0.245 e. The number of carbonyl (C=O) groups excluding carboxylic acids is 1. The minimum absolute atomic E-state index is 0.0874. The van der Waals surface area contributed by atoms with E-state index < -0.39 is 5.91 Å². The highest BCUT2D eigenvalue weighted by Gasteiger charge is 2.28. The maximum atomic E-state index is 13.4. The number of nitrogens with one attached hydrogen (secondary N) is 1. The van der Waals surface area contributed by atoms with Crippen LogP contribution < -0.4 is 5.73 Å². The molecule has 0 radical (unpaired) electrons. The molecule has 4 nitrogen and oxygen atoms in total. The molecule has 1 amide bonds. The fraction of sp³-hybridized carbons (Fsp3) is 0.158. The minimum Gasteiger partial charge on any atom is -0.366 e. The van der Waals surface area contributed by atoms with Gasteiger partial charge in [-0.25, -0.2) is 4.39 Å². The lowest BCUT2D eigenvalue weighted by atomic mass is 9.90. The van der Waals surface area contributed by atoms with Gasteiger partial charge in [0.05, 0.1) is 11.7 Å². The van der Waals surface area contributed by atoms with Crippen LogP contribution in [0.3, 0.4) is 0 Å². The van der Waals surface area contributed by atoms with E-state index in [1.807, 2.05) is 24.3 Å². The summed E-state index contributed by atoms with van der Waals surface area (Å²) in [6, 6.07) is 10.6. The van der Waals surface area contributed by atoms with Gasteiger partial charge in [-0.3, -0.25) is 9.89 Å². The molecule has 120 valence electrons. The van der Waals surface area contributed by atoms with Crippen LogP contribution in [0.1, 0.15) is 29.0 Å². The normalized spacial score (nSPS) is 17.2. The predicted octanol–water partition coefficient (Wildman–Crippen LogP) is 3.30. The monoisotopic (exact) mass is 321 g/mol. The third-order valence-corrected chi connectivity index (χ3v) is 4.63. The topological polar surface area (TPSA) is 71.8 Å². The number of rotatable bonds is 3. The smallest absolute Gasteiger partial charge is 0.245 e. The lowest BCUT2D eigenvalue weighted by Crippen LogP contribution is -2.18. The third kappa shape index (κ3) is 2.48. The predicted molar refractivity (Wildman–Crippen MR) is 90.7 cm³/mol. The Balaban J connectivity index is 1.77. The first-order valence-corrected chi connectivity index (χ1v) is 7.84. The number of hydrogen-bond donors (Lipinski definition) is 2. The van der Waals surface area contributed by atoms with Crippen LogP contribution in [0.15, 0.2) is 48.2 Å². The van der Waals surface area contributed by atoms with Crippen LogP contribution in [0.4, 0.5) is 4.39 Å². The second-order valence-electron chi connectivity index (χ2n) is 6.12. The molecule has 2 aromatic carbocycles. The summed E-state index contributed by atoms with van der Waals surface area (Å²) in [5.74, 6) is -0.777. The summed E-state index contributed by atoms with van der Waals surface area (Å²) < 4.78 is 13.4. The SMILES string of the molecule is NC(=O)C(=Cc1ccc2cn[nH]c2c1)C1CCc2cc(F)ccc21. The van der Waals surface area contributed by atoms with Crippen LogP contribution in [0.25, 0.3) is 17.0 Å². The molecule has 1 aromatic heterocycles. The number of benzene rings is 2. The van der Waals surface area contributed by atoms with Gasteiger partial charge in [-0.05, 0) is 53.8 Å². The lowest BCUT2D eigenvalue weighted by Gasteiger charge is -2.14. The van der Waals surface area contributed by atoms with Gasteiger partial charge in [-0.1, -0.05) is 18.2 Å². The number of nitrogens with zero attached hydrogens (tertiary/aromatic N) is 1. The number of hydrogen-bond acceptors (Lipinski definition) is 2. The summed E-state index contributed by atoms with van der Waals surface area (Å²) in [6.07, 6.45) is 5.09. The van der Waals surface area contributed by atoms with Crippen LogP contribution in [0.5, 0.6) is 0 Å². The van der Waals surface area contributed by atoms with E-state index in [-0.39, 0.29) is 11.7 Å². The van der Waals surface area contributed by atoms with E-state index in [9.17, 15) is 9.18 Å². The van der Waals surface area contributed by atoms with Crippen LogP contribution in [0.2, 0.25) is 0 Å².